The molecule has 0 saturated heterocycles. The number of anilines is 1. The van der Waals surface area contributed by atoms with Crippen LogP contribution in [0.25, 0.3) is 10.8 Å². The highest BCUT2D eigenvalue weighted by molar-refractivity contribution is 6.03. The highest BCUT2D eigenvalue weighted by atomic mass is 19.1. The average Bonchev–Trinajstić information content (AvgIpc) is 2.80. The number of amides is 1. The van der Waals surface area contributed by atoms with E-state index in [0.29, 0.717) is 17.8 Å². The Morgan fingerprint density at radius 2 is 1.64 bits per heavy atom. The molecule has 0 N–H and O–H groups in total. The highest BCUT2D eigenvalue weighted by Crippen LogP contribution is 2.38. The second-order valence-corrected chi connectivity index (χ2v) is 5.53. The number of fused-ring (bicyclic) bond motifs is 2. The van der Waals surface area contributed by atoms with Gasteiger partial charge in [-0.2, -0.15) is 0 Å². The van der Waals surface area contributed by atoms with Crippen LogP contribution in [0, 0.1) is 0 Å². The van der Waals surface area contributed by atoms with Gasteiger partial charge in [-0.3, -0.25) is 4.79 Å². The molecular weight excluding hydrogens is 277 g/mol. The van der Waals surface area contributed by atoms with Gasteiger partial charge < -0.3 is 4.90 Å². The molecule has 0 radical (unpaired) electrons. The Morgan fingerprint density at radius 1 is 0.909 bits per heavy atom. The van der Waals surface area contributed by atoms with Crippen molar-refractivity contribution in [2.24, 2.45) is 0 Å². The van der Waals surface area contributed by atoms with Crippen LogP contribution in [0.3, 0.4) is 0 Å². The molecule has 1 aliphatic heterocycles. The molecule has 0 aliphatic carbocycles. The molecule has 3 heteroatoms. The first-order valence-electron chi connectivity index (χ1n) is 7.26. The lowest BCUT2D eigenvalue weighted by molar-refractivity contribution is -0.122. The van der Waals surface area contributed by atoms with Crippen molar-refractivity contribution in [2.75, 3.05) is 4.90 Å². The lowest BCUT2D eigenvalue weighted by Crippen LogP contribution is -2.27. The number of alkyl halides is 1. The minimum absolute atomic E-state index is 0.390. The molecule has 0 saturated carbocycles. The van der Waals surface area contributed by atoms with Gasteiger partial charge in [0.25, 0.3) is 5.91 Å². The van der Waals surface area contributed by atoms with Gasteiger partial charge in [0.15, 0.2) is 0 Å². The number of carbonyl (C=O) groups excluding carboxylic acids is 1. The van der Waals surface area contributed by atoms with Crippen LogP contribution in [0.5, 0.6) is 0 Å². The molecule has 4 rings (SSSR count). The fourth-order valence-electron chi connectivity index (χ4n) is 3.02. The Kier molecular flexibility index (Phi) is 2.93. The Balaban J connectivity index is 1.72. The highest BCUT2D eigenvalue weighted by Gasteiger charge is 2.36. The van der Waals surface area contributed by atoms with Gasteiger partial charge in [-0.25, -0.2) is 4.39 Å². The van der Waals surface area contributed by atoms with Gasteiger partial charge in [0, 0.05) is 5.56 Å². The van der Waals surface area contributed by atoms with Crippen LogP contribution >= 0.6 is 0 Å². The SMILES string of the molecule is O=C1C(F)c2ccccc2N1Cc1ccc2ccccc2c1. The monoisotopic (exact) mass is 291 g/mol. The summed E-state index contributed by atoms with van der Waals surface area (Å²) >= 11 is 0. The van der Waals surface area contributed by atoms with Crippen molar-refractivity contribution >= 4 is 22.4 Å². The molecule has 0 aromatic heterocycles. The first-order chi connectivity index (χ1) is 10.7. The Labute approximate surface area is 127 Å². The number of halogens is 1. The summed E-state index contributed by atoms with van der Waals surface area (Å²) in [7, 11) is 0. The van der Waals surface area contributed by atoms with E-state index in [1.165, 1.54) is 4.90 Å². The molecule has 3 aromatic carbocycles. The Bertz CT molecular complexity index is 874. The predicted octanol–water partition coefficient (Wildman–Crippen LogP) is 4.40. The summed E-state index contributed by atoms with van der Waals surface area (Å²) < 4.78 is 14.1. The molecule has 22 heavy (non-hydrogen) atoms. The van der Waals surface area contributed by atoms with Gasteiger partial charge in [0.05, 0.1) is 12.2 Å². The molecule has 1 heterocycles. The molecule has 0 spiro atoms. The van der Waals surface area contributed by atoms with Crippen LogP contribution in [0.15, 0.2) is 66.7 Å². The van der Waals surface area contributed by atoms with Crippen LogP contribution in [0.2, 0.25) is 0 Å². The molecule has 108 valence electrons. The molecule has 1 aliphatic rings. The van der Waals surface area contributed by atoms with Gasteiger partial charge >= 0.3 is 0 Å². The van der Waals surface area contributed by atoms with Crippen molar-refractivity contribution < 1.29 is 9.18 Å². The van der Waals surface area contributed by atoms with E-state index in [1.807, 2.05) is 42.5 Å². The van der Waals surface area contributed by atoms with Crippen LogP contribution in [0.1, 0.15) is 17.3 Å². The lowest BCUT2D eigenvalue weighted by atomic mass is 10.1. The first kappa shape index (κ1) is 13.0. The number of nitrogens with zero attached hydrogens (tertiary/aromatic N) is 1. The third kappa shape index (κ3) is 1.98. The fraction of sp³-hybridized carbons (Fsp3) is 0.105. The van der Waals surface area contributed by atoms with Crippen molar-refractivity contribution in [3.05, 3.63) is 77.9 Å². The quantitative estimate of drug-likeness (QED) is 0.685. The largest absolute Gasteiger partial charge is 0.305 e. The van der Waals surface area contributed by atoms with E-state index in [1.54, 1.807) is 18.2 Å². The zero-order chi connectivity index (χ0) is 15.1. The lowest BCUT2D eigenvalue weighted by Gasteiger charge is -2.17. The van der Waals surface area contributed by atoms with E-state index < -0.39 is 12.1 Å². The number of benzene rings is 3. The minimum atomic E-state index is -1.54. The van der Waals surface area contributed by atoms with Gasteiger partial charge in [-0.1, -0.05) is 54.6 Å². The smallest absolute Gasteiger partial charge is 0.266 e. The number of hydrogen-bond acceptors (Lipinski definition) is 1. The van der Waals surface area contributed by atoms with Gasteiger partial charge in [-0.05, 0) is 28.5 Å². The van der Waals surface area contributed by atoms with Crippen molar-refractivity contribution in [2.45, 2.75) is 12.7 Å². The van der Waals surface area contributed by atoms with Crippen LogP contribution in [0.4, 0.5) is 10.1 Å². The van der Waals surface area contributed by atoms with Crippen LogP contribution < -0.4 is 4.90 Å². The number of hydrogen-bond donors (Lipinski definition) is 0. The van der Waals surface area contributed by atoms with E-state index >= 15 is 0 Å². The summed E-state index contributed by atoms with van der Waals surface area (Å²) in [5.41, 5.74) is 2.14. The van der Waals surface area contributed by atoms with E-state index in [-0.39, 0.29) is 0 Å². The minimum Gasteiger partial charge on any atom is -0.305 e. The number of para-hydroxylation sites is 1. The van der Waals surface area contributed by atoms with Crippen LogP contribution in [-0.2, 0) is 11.3 Å². The van der Waals surface area contributed by atoms with E-state index in [9.17, 15) is 9.18 Å². The summed E-state index contributed by atoms with van der Waals surface area (Å²) in [6.07, 6.45) is -1.54. The standard InChI is InChI=1S/C19H14FNO/c20-18-16-7-3-4-8-17(16)21(19(18)22)12-13-9-10-14-5-1-2-6-15(14)11-13/h1-11,18H,12H2. The van der Waals surface area contributed by atoms with Gasteiger partial charge in [0.1, 0.15) is 0 Å². The van der Waals surface area contributed by atoms with E-state index in [4.69, 9.17) is 0 Å². The first-order valence-corrected chi connectivity index (χ1v) is 7.26. The van der Waals surface area contributed by atoms with E-state index in [0.717, 1.165) is 16.3 Å². The number of rotatable bonds is 2. The molecule has 0 fully saturated rings. The average molecular weight is 291 g/mol. The third-order valence-corrected chi connectivity index (χ3v) is 4.14. The third-order valence-electron chi connectivity index (χ3n) is 4.14. The fourth-order valence-corrected chi connectivity index (χ4v) is 3.02. The van der Waals surface area contributed by atoms with Gasteiger partial charge in [-0.15, -0.1) is 0 Å². The predicted molar refractivity (Wildman–Crippen MR) is 85.4 cm³/mol. The van der Waals surface area contributed by atoms with Crippen molar-refractivity contribution in [1.29, 1.82) is 0 Å². The Hall–Kier alpha value is -2.68. The maximum atomic E-state index is 14.1. The van der Waals surface area contributed by atoms with Crippen molar-refractivity contribution in [1.82, 2.24) is 0 Å². The maximum Gasteiger partial charge on any atom is 0.266 e. The summed E-state index contributed by atoms with van der Waals surface area (Å²) in [6.45, 7) is 0.390. The second-order valence-electron chi connectivity index (χ2n) is 5.53. The van der Waals surface area contributed by atoms with E-state index in [2.05, 4.69) is 6.07 Å². The molecule has 1 unspecified atom stereocenters. The van der Waals surface area contributed by atoms with Gasteiger partial charge in [0.2, 0.25) is 6.17 Å². The van der Waals surface area contributed by atoms with Crippen molar-refractivity contribution in [3.63, 3.8) is 0 Å². The summed E-state index contributed by atoms with van der Waals surface area (Å²) in [5, 5.41) is 2.28. The normalized spacial score (nSPS) is 17.0. The molecule has 2 nitrogen and oxygen atoms in total. The Morgan fingerprint density at radius 3 is 2.50 bits per heavy atom. The molecule has 1 atom stereocenters. The van der Waals surface area contributed by atoms with Crippen LogP contribution in [-0.4, -0.2) is 5.91 Å². The zero-order valence-corrected chi connectivity index (χ0v) is 11.9. The molecule has 1 amide bonds. The zero-order valence-electron chi connectivity index (χ0n) is 11.9. The molecule has 0 bridgehead atoms. The number of carbonyl (C=O) groups is 1. The maximum absolute atomic E-state index is 14.1. The molecule has 3 aromatic rings. The summed E-state index contributed by atoms with van der Waals surface area (Å²) in [4.78, 5) is 13.7. The second kappa shape index (κ2) is 4.95. The summed E-state index contributed by atoms with van der Waals surface area (Å²) in [6, 6.07) is 21.2. The van der Waals surface area contributed by atoms with Crippen molar-refractivity contribution in [3.8, 4) is 0 Å². The molecular formula is C19H14FNO. The topological polar surface area (TPSA) is 20.3 Å². The summed E-state index contributed by atoms with van der Waals surface area (Å²) in [5.74, 6) is -0.477.